The molecule has 1 saturated heterocycles. The van der Waals surface area contributed by atoms with E-state index in [2.05, 4.69) is 27.1 Å². The van der Waals surface area contributed by atoms with Gasteiger partial charge < -0.3 is 25.8 Å². The van der Waals surface area contributed by atoms with E-state index >= 15 is 0 Å². The summed E-state index contributed by atoms with van der Waals surface area (Å²) < 4.78 is 8.69. The standard InChI is InChI=1S/C10H13N5O4S.C6H6N.Hg/c11-10-13-7-4(8(20)14-10)12-2-15(7)9-6(18)5(17)3(1-16)19-9;7-6-4-2-1-3-5-6;/h2-3,5-6,9,16-18H,1H2,(H3,11,13,14,20);2-5H,7H2;/p+1. The van der Waals surface area contributed by atoms with E-state index in [1.165, 1.54) is 14.0 Å². The first-order chi connectivity index (χ1) is 13.3. The van der Waals surface area contributed by atoms with E-state index in [-0.39, 0.29) is 10.6 Å². The Bertz CT molecular complexity index is 990. The van der Waals surface area contributed by atoms with Gasteiger partial charge in [-0.25, -0.2) is 9.55 Å². The number of aliphatic hydroxyl groups is 3. The Morgan fingerprint density at radius 1 is 1.21 bits per heavy atom. The molecular weight excluding hydrogens is 573 g/mol. The van der Waals surface area contributed by atoms with Gasteiger partial charge in [0.15, 0.2) is 11.0 Å². The number of benzene rings is 1. The number of aromatic amines is 2. The van der Waals surface area contributed by atoms with Crippen molar-refractivity contribution >= 4 is 38.1 Å². The Morgan fingerprint density at radius 2 is 1.89 bits per heavy atom. The van der Waals surface area contributed by atoms with Crippen molar-refractivity contribution in [3.63, 3.8) is 0 Å². The second-order valence-corrected chi connectivity index (χ2v) is 9.86. The SMILES string of the molecule is Nc1cc[c]([Hg])cc1.Nc1nc(=S)c2[nH]c[n+](C3OC(CO)C(O)C3O)c2[nH]1. The Hall–Kier alpha value is -1.63. The Balaban J connectivity index is 0.000000236. The smallest absolute Gasteiger partial charge is 0.273 e. The zero-order valence-electron chi connectivity index (χ0n) is 14.8. The van der Waals surface area contributed by atoms with Gasteiger partial charge in [0.2, 0.25) is 11.7 Å². The van der Waals surface area contributed by atoms with Crippen molar-refractivity contribution in [2.24, 2.45) is 0 Å². The molecule has 4 atom stereocenters. The molecule has 1 aliphatic rings. The number of nitrogen functional groups attached to an aromatic ring is 2. The molecule has 0 bridgehead atoms. The summed E-state index contributed by atoms with van der Waals surface area (Å²) in [4.78, 5) is 9.63. The molecule has 0 amide bonds. The van der Waals surface area contributed by atoms with E-state index in [4.69, 9.17) is 33.5 Å². The van der Waals surface area contributed by atoms with E-state index in [1.807, 2.05) is 12.1 Å². The van der Waals surface area contributed by atoms with Crippen molar-refractivity contribution in [3.8, 4) is 0 Å². The van der Waals surface area contributed by atoms with Crippen LogP contribution < -0.4 is 19.1 Å². The monoisotopic (exact) mass is 594 g/mol. The molecular formula is C16H20HgN6O4S+. The fourth-order valence-electron chi connectivity index (χ4n) is 2.83. The number of aliphatic hydroxyl groups excluding tert-OH is 3. The minimum absolute atomic E-state index is 0.127. The number of hydrogen-bond acceptors (Lipinski definition) is 8. The molecule has 3 aromatic rings. The second-order valence-electron chi connectivity index (χ2n) is 6.30. The van der Waals surface area contributed by atoms with Crippen LogP contribution in [0.15, 0.2) is 30.6 Å². The minimum Gasteiger partial charge on any atom is -0.394 e. The maximum Gasteiger partial charge on any atom is 0.273 e. The number of nitrogens with zero attached hydrogens (tertiary/aromatic N) is 2. The Morgan fingerprint density at radius 3 is 2.46 bits per heavy atom. The number of aromatic nitrogens is 4. The number of fused-ring (bicyclic) bond motifs is 1. The van der Waals surface area contributed by atoms with Crippen molar-refractivity contribution in [1.29, 1.82) is 0 Å². The van der Waals surface area contributed by atoms with Gasteiger partial charge in [0, 0.05) is 0 Å². The van der Waals surface area contributed by atoms with Crippen molar-refractivity contribution < 1.29 is 50.7 Å². The van der Waals surface area contributed by atoms with Gasteiger partial charge >= 0.3 is 64.9 Å². The first-order valence-corrected chi connectivity index (χ1v) is 11.6. The Labute approximate surface area is 181 Å². The van der Waals surface area contributed by atoms with Crippen molar-refractivity contribution in [2.45, 2.75) is 24.5 Å². The van der Waals surface area contributed by atoms with Gasteiger partial charge in [0.25, 0.3) is 11.6 Å². The average molecular weight is 593 g/mol. The number of ether oxygens (including phenoxy) is 1. The summed E-state index contributed by atoms with van der Waals surface area (Å²) in [6.07, 6.45) is -2.56. The van der Waals surface area contributed by atoms with Crippen LogP contribution in [0.3, 0.4) is 0 Å². The fourth-order valence-corrected chi connectivity index (χ4v) is 4.00. The molecule has 1 fully saturated rings. The normalized spacial score (nSPS) is 24.2. The number of nitrogens with one attached hydrogen (secondary N) is 2. The maximum absolute atomic E-state index is 10.0. The quantitative estimate of drug-likeness (QED) is 0.0820. The number of anilines is 2. The predicted octanol–water partition coefficient (Wildman–Crippen LogP) is -1.46. The molecule has 10 nitrogen and oxygen atoms in total. The number of rotatable bonds is 2. The van der Waals surface area contributed by atoms with Crippen LogP contribution in [-0.2, 0) is 30.9 Å². The summed E-state index contributed by atoms with van der Waals surface area (Å²) in [5.41, 5.74) is 12.9. The summed E-state index contributed by atoms with van der Waals surface area (Å²) in [5.74, 6) is 0.127. The number of nitrogens with two attached hydrogens (primary N) is 2. The molecule has 0 saturated carbocycles. The molecule has 2 aromatic heterocycles. The molecule has 12 heteroatoms. The minimum atomic E-state index is -1.19. The largest absolute Gasteiger partial charge is 0.394 e. The fraction of sp³-hybridized carbons (Fsp3) is 0.312. The Kier molecular flexibility index (Phi) is 6.63. The van der Waals surface area contributed by atoms with Gasteiger partial charge in [-0.3, -0.25) is 4.98 Å². The van der Waals surface area contributed by atoms with Gasteiger partial charge in [0.05, 0.1) is 6.61 Å². The molecule has 3 heterocycles. The molecule has 4 rings (SSSR count). The summed E-state index contributed by atoms with van der Waals surface area (Å²) in [6.45, 7) is -0.392. The van der Waals surface area contributed by atoms with Gasteiger partial charge in [-0.15, -0.1) is 0 Å². The van der Waals surface area contributed by atoms with Crippen LogP contribution in [0.2, 0.25) is 0 Å². The topological polar surface area (TPSA) is 170 Å². The van der Waals surface area contributed by atoms with Crippen LogP contribution in [0, 0.1) is 4.64 Å². The summed E-state index contributed by atoms with van der Waals surface area (Å²) in [5, 5.41) is 28.9. The molecule has 1 aliphatic heterocycles. The van der Waals surface area contributed by atoms with Gasteiger partial charge in [-0.1, -0.05) is 12.2 Å². The third-order valence-corrected chi connectivity index (χ3v) is 6.42. The van der Waals surface area contributed by atoms with Crippen LogP contribution in [0.5, 0.6) is 0 Å². The average Bonchev–Trinajstić information content (AvgIpc) is 3.20. The van der Waals surface area contributed by atoms with Crippen molar-refractivity contribution in [1.82, 2.24) is 15.0 Å². The van der Waals surface area contributed by atoms with E-state index in [0.29, 0.717) is 11.2 Å². The van der Waals surface area contributed by atoms with Crippen LogP contribution in [0.1, 0.15) is 6.23 Å². The molecule has 28 heavy (non-hydrogen) atoms. The molecule has 0 aliphatic carbocycles. The van der Waals surface area contributed by atoms with E-state index in [9.17, 15) is 10.2 Å². The molecule has 0 spiro atoms. The van der Waals surface area contributed by atoms with E-state index in [0.717, 1.165) is 31.8 Å². The first kappa shape index (κ1) is 21.1. The van der Waals surface area contributed by atoms with Crippen LogP contribution in [0.25, 0.3) is 11.2 Å². The predicted molar refractivity (Wildman–Crippen MR) is 99.4 cm³/mol. The zero-order chi connectivity index (χ0) is 20.4. The maximum atomic E-state index is 10.0. The molecule has 0 radical (unpaired) electrons. The molecule has 145 valence electrons. The van der Waals surface area contributed by atoms with Gasteiger partial charge in [0.1, 0.15) is 18.3 Å². The van der Waals surface area contributed by atoms with Crippen LogP contribution >= 0.6 is 12.2 Å². The summed E-state index contributed by atoms with van der Waals surface area (Å²) in [7, 11) is 0. The molecule has 1 aromatic carbocycles. The first-order valence-electron chi connectivity index (χ1n) is 8.39. The summed E-state index contributed by atoms with van der Waals surface area (Å²) >= 11 is 5.83. The van der Waals surface area contributed by atoms with Crippen molar-refractivity contribution in [2.75, 3.05) is 18.1 Å². The van der Waals surface area contributed by atoms with Crippen LogP contribution in [0.4, 0.5) is 11.6 Å². The number of imidazole rings is 1. The number of hydrogen-bond donors (Lipinski definition) is 7. The van der Waals surface area contributed by atoms with E-state index < -0.39 is 31.1 Å². The van der Waals surface area contributed by atoms with Gasteiger partial charge in [-0.05, 0) is 0 Å². The molecule has 4 unspecified atom stereocenters. The number of H-pyrrole nitrogens is 2. The van der Waals surface area contributed by atoms with Crippen LogP contribution in [-0.4, -0.2) is 55.2 Å². The molecule has 9 N–H and O–H groups in total. The van der Waals surface area contributed by atoms with Gasteiger partial charge in [-0.2, -0.15) is 4.98 Å². The second kappa shape index (κ2) is 8.80. The third kappa shape index (κ3) is 4.34. The van der Waals surface area contributed by atoms with E-state index in [1.54, 1.807) is 0 Å². The summed E-state index contributed by atoms with van der Waals surface area (Å²) in [6, 6.07) is 8.06. The zero-order valence-corrected chi connectivity index (χ0v) is 21.1. The third-order valence-electron chi connectivity index (χ3n) is 4.30. The van der Waals surface area contributed by atoms with Crippen molar-refractivity contribution in [3.05, 3.63) is 35.2 Å².